The van der Waals surface area contributed by atoms with E-state index in [9.17, 15) is 0 Å². The van der Waals surface area contributed by atoms with Gasteiger partial charge in [0.25, 0.3) is 0 Å². The van der Waals surface area contributed by atoms with Crippen molar-refractivity contribution in [2.45, 2.75) is 70.6 Å². The maximum atomic E-state index is 3.90. The van der Waals surface area contributed by atoms with Crippen molar-refractivity contribution in [2.24, 2.45) is 17.8 Å². The van der Waals surface area contributed by atoms with Crippen molar-refractivity contribution in [2.75, 3.05) is 0 Å². The van der Waals surface area contributed by atoms with Crippen LogP contribution in [0.5, 0.6) is 0 Å². The summed E-state index contributed by atoms with van der Waals surface area (Å²) in [5.41, 5.74) is 1.46. The fourth-order valence-electron chi connectivity index (χ4n) is 4.63. The highest BCUT2D eigenvalue weighted by molar-refractivity contribution is 5.32. The Balaban J connectivity index is 1.50. The highest BCUT2D eigenvalue weighted by Crippen LogP contribution is 2.50. The van der Waals surface area contributed by atoms with Gasteiger partial charge >= 0.3 is 0 Å². The standard InChI is InChI=1S/C25H34/c1-2-3-4-5-6-7-8-12-19-24-23-18-14-13-17-22(23)20-25(24)21-15-10-9-11-16-21/h9-11,13-18,22-25H,2-8,12,19H2,1H3. The minimum Gasteiger partial charge on any atom is -0.0805 e. The molecule has 0 aliphatic heterocycles. The van der Waals surface area contributed by atoms with Crippen LogP contribution < -0.4 is 0 Å². The molecular weight excluding hydrogens is 300 g/mol. The van der Waals surface area contributed by atoms with Gasteiger partial charge in [-0.3, -0.25) is 0 Å². The molecule has 134 valence electrons. The Bertz CT molecular complexity index is 538. The first kappa shape index (κ1) is 18.5. The first-order chi connectivity index (χ1) is 12.4. The Kier molecular flexibility index (Phi) is 7.39. The normalized spacial score (nSPS) is 27.6. The summed E-state index contributed by atoms with van der Waals surface area (Å²) in [5, 5.41) is 0. The van der Waals surface area contributed by atoms with Gasteiger partial charge in [0.05, 0.1) is 0 Å². The second kappa shape index (κ2) is 10.00. The van der Waals surface area contributed by atoms with Gasteiger partial charge in [-0.1, -0.05) is 113 Å². The zero-order valence-electron chi connectivity index (χ0n) is 15.9. The minimum atomic E-state index is 0.508. The van der Waals surface area contributed by atoms with E-state index < -0.39 is 0 Å². The second-order valence-corrected chi connectivity index (χ2v) is 7.86. The number of hydrogen-bond donors (Lipinski definition) is 0. The lowest BCUT2D eigenvalue weighted by Crippen LogP contribution is -2.16. The lowest BCUT2D eigenvalue weighted by atomic mass is 9.79. The van der Waals surface area contributed by atoms with E-state index in [2.05, 4.69) is 68.0 Å². The third-order valence-electron chi connectivity index (χ3n) is 6.02. The monoisotopic (exact) mass is 334 g/mol. The van der Waals surface area contributed by atoms with Gasteiger partial charge in [-0.2, -0.15) is 0 Å². The summed E-state index contributed by atoms with van der Waals surface area (Å²) < 4.78 is 0. The molecule has 0 heteroatoms. The van der Waals surface area contributed by atoms with Crippen molar-refractivity contribution < 1.29 is 0 Å². The highest BCUT2D eigenvalue weighted by Gasteiger charge is 2.41. The van der Waals surface area contributed by atoms with E-state index in [4.69, 9.17) is 0 Å². The molecule has 0 saturated heterocycles. The van der Waals surface area contributed by atoms with Crippen molar-refractivity contribution in [1.29, 1.82) is 0 Å². The van der Waals surface area contributed by atoms with E-state index in [1.54, 1.807) is 0 Å². The summed E-state index contributed by atoms with van der Waals surface area (Å²) in [5.74, 6) is 2.43. The molecule has 1 fully saturated rings. The van der Waals surface area contributed by atoms with E-state index in [1.807, 2.05) is 0 Å². The van der Waals surface area contributed by atoms with E-state index in [0.717, 1.165) is 5.92 Å². The van der Waals surface area contributed by atoms with Crippen molar-refractivity contribution in [3.8, 4) is 0 Å². The number of hydrogen-bond acceptors (Lipinski definition) is 0. The number of fused-ring (bicyclic) bond motifs is 1. The smallest absolute Gasteiger partial charge is 0.000879 e. The summed E-state index contributed by atoms with van der Waals surface area (Å²) >= 11 is 0. The van der Waals surface area contributed by atoms with Crippen molar-refractivity contribution >= 4 is 0 Å². The minimum absolute atomic E-state index is 0.508. The lowest BCUT2D eigenvalue weighted by Gasteiger charge is -2.25. The van der Waals surface area contributed by atoms with Gasteiger partial charge in [0, 0.05) is 0 Å². The summed E-state index contributed by atoms with van der Waals surface area (Å²) in [6.45, 7) is 2.29. The van der Waals surface area contributed by atoms with Crippen LogP contribution in [0.3, 0.4) is 0 Å². The molecule has 1 saturated carbocycles. The molecule has 3 rings (SSSR count). The van der Waals surface area contributed by atoms with Gasteiger partial charge in [0.15, 0.2) is 0 Å². The van der Waals surface area contributed by atoms with Crippen LogP contribution in [0.2, 0.25) is 0 Å². The first-order valence-corrected chi connectivity index (χ1v) is 10.6. The fourth-order valence-corrected chi connectivity index (χ4v) is 4.63. The fraction of sp³-hybridized carbons (Fsp3) is 0.560. The van der Waals surface area contributed by atoms with Gasteiger partial charge in [-0.25, -0.2) is 0 Å². The molecule has 0 heterocycles. The zero-order valence-corrected chi connectivity index (χ0v) is 15.9. The Morgan fingerprint density at radius 2 is 1.48 bits per heavy atom. The first-order valence-electron chi connectivity index (χ1n) is 10.6. The van der Waals surface area contributed by atoms with E-state index >= 15 is 0 Å². The predicted molar refractivity (Wildman–Crippen MR) is 108 cm³/mol. The summed E-state index contributed by atoms with van der Waals surface area (Å²) in [7, 11) is 0. The molecule has 4 atom stereocenters. The lowest BCUT2D eigenvalue weighted by molar-refractivity contribution is 0.354. The van der Waals surface area contributed by atoms with E-state index in [-0.39, 0.29) is 0 Å². The Labute approximate surface area is 155 Å². The summed E-state index contributed by atoms with van der Waals surface area (Å²) in [4.78, 5) is 0. The van der Waals surface area contributed by atoms with Crippen LogP contribution in [-0.2, 0) is 0 Å². The second-order valence-electron chi connectivity index (χ2n) is 7.86. The van der Waals surface area contributed by atoms with Crippen LogP contribution in [0.4, 0.5) is 0 Å². The molecule has 0 aromatic heterocycles. The Hall–Kier alpha value is -1.30. The van der Waals surface area contributed by atoms with Gasteiger partial charge in [-0.05, 0) is 42.1 Å². The Morgan fingerprint density at radius 1 is 0.800 bits per heavy atom. The number of benzene rings is 1. The zero-order chi connectivity index (χ0) is 17.3. The maximum Gasteiger partial charge on any atom is -0.000879 e. The molecule has 1 aromatic rings. The molecular formula is C25H34. The average Bonchev–Trinajstić information content (AvgIpc) is 3.03. The average molecular weight is 335 g/mol. The number of unbranched alkanes of at least 4 members (excludes halogenated alkanes) is 7. The van der Waals surface area contributed by atoms with Crippen LogP contribution in [0.15, 0.2) is 54.6 Å². The molecule has 4 unspecified atom stereocenters. The topological polar surface area (TPSA) is 0 Å². The van der Waals surface area contributed by atoms with Gasteiger partial charge in [-0.15, -0.1) is 0 Å². The third kappa shape index (κ3) is 5.09. The summed E-state index contributed by atoms with van der Waals surface area (Å²) in [6, 6.07) is 11.1. The molecule has 0 amide bonds. The Morgan fingerprint density at radius 3 is 2.24 bits per heavy atom. The van der Waals surface area contributed by atoms with Gasteiger partial charge in [0.2, 0.25) is 0 Å². The number of rotatable bonds is 10. The molecule has 1 aromatic carbocycles. The molecule has 0 N–H and O–H groups in total. The molecule has 2 aliphatic carbocycles. The van der Waals surface area contributed by atoms with E-state index in [1.165, 1.54) is 63.4 Å². The van der Waals surface area contributed by atoms with Crippen molar-refractivity contribution in [1.82, 2.24) is 0 Å². The van der Waals surface area contributed by atoms with Crippen LogP contribution in [-0.4, -0.2) is 0 Å². The van der Waals surface area contributed by atoms with Crippen LogP contribution in [0.1, 0.15) is 76.2 Å². The van der Waals surface area contributed by atoms with Crippen molar-refractivity contribution in [3.05, 3.63) is 66.6 Å². The van der Waals surface area contributed by atoms with Crippen LogP contribution >= 0.6 is 0 Å². The number of allylic oxidation sites excluding steroid dienone is 4. The third-order valence-corrected chi connectivity index (χ3v) is 6.02. The quantitative estimate of drug-likeness (QED) is 0.392. The summed E-state index contributed by atoms with van der Waals surface area (Å²) in [6.07, 6.45) is 25.7. The predicted octanol–water partition coefficient (Wildman–Crippen LogP) is 7.37. The van der Waals surface area contributed by atoms with Gasteiger partial charge in [0.1, 0.15) is 0 Å². The van der Waals surface area contributed by atoms with Crippen LogP contribution in [0.25, 0.3) is 0 Å². The molecule has 2 aliphatic rings. The molecule has 25 heavy (non-hydrogen) atoms. The molecule has 0 nitrogen and oxygen atoms in total. The highest BCUT2D eigenvalue weighted by atomic mass is 14.4. The largest absolute Gasteiger partial charge is 0.0805 e. The van der Waals surface area contributed by atoms with Crippen LogP contribution in [0, 0.1) is 24.2 Å². The molecule has 0 bridgehead atoms. The maximum absolute atomic E-state index is 3.90. The van der Waals surface area contributed by atoms with Gasteiger partial charge < -0.3 is 0 Å². The molecule has 0 spiro atoms. The molecule has 2 radical (unpaired) electrons. The van der Waals surface area contributed by atoms with E-state index in [0.29, 0.717) is 17.8 Å². The van der Waals surface area contributed by atoms with Crippen molar-refractivity contribution in [3.63, 3.8) is 0 Å². The SMILES string of the molecule is CCCCCCCCCCC1C(c2ccccc2)[C]C2C=CC=CC21.